The van der Waals surface area contributed by atoms with E-state index in [0.29, 0.717) is 5.89 Å². The van der Waals surface area contributed by atoms with Gasteiger partial charge >= 0.3 is 0 Å². The molecule has 1 aliphatic heterocycles. The zero-order chi connectivity index (χ0) is 10.7. The topological polar surface area (TPSA) is 42.2 Å². The average Bonchev–Trinajstić information content (AvgIpc) is 2.53. The van der Waals surface area contributed by atoms with Crippen LogP contribution >= 0.6 is 21.6 Å². The molecule has 1 saturated heterocycles. The van der Waals surface area contributed by atoms with Gasteiger partial charge in [-0.2, -0.15) is 0 Å². The van der Waals surface area contributed by atoms with Crippen molar-refractivity contribution in [3.8, 4) is 0 Å². The van der Waals surface area contributed by atoms with E-state index in [2.05, 4.69) is 22.0 Å². The SMILES string of the molecule is Cc1nnc(C(C)N2CCSSCC2)o1. The molecule has 2 rings (SSSR count). The van der Waals surface area contributed by atoms with E-state index in [1.165, 1.54) is 11.5 Å². The number of nitrogens with zero attached hydrogens (tertiary/aromatic N) is 3. The highest BCUT2D eigenvalue weighted by Crippen LogP contribution is 2.28. The maximum absolute atomic E-state index is 5.46. The van der Waals surface area contributed by atoms with Crippen molar-refractivity contribution in [1.82, 2.24) is 15.1 Å². The van der Waals surface area contributed by atoms with Gasteiger partial charge in [0.05, 0.1) is 6.04 Å². The summed E-state index contributed by atoms with van der Waals surface area (Å²) in [5.41, 5.74) is 0. The van der Waals surface area contributed by atoms with Crippen molar-refractivity contribution in [3.05, 3.63) is 11.8 Å². The van der Waals surface area contributed by atoms with Crippen LogP contribution in [0.5, 0.6) is 0 Å². The van der Waals surface area contributed by atoms with Crippen LogP contribution in [0.1, 0.15) is 24.7 Å². The van der Waals surface area contributed by atoms with Crippen molar-refractivity contribution < 1.29 is 4.42 Å². The Labute approximate surface area is 97.6 Å². The molecule has 0 bridgehead atoms. The minimum Gasteiger partial charge on any atom is -0.424 e. The van der Waals surface area contributed by atoms with Crippen molar-refractivity contribution in [2.24, 2.45) is 0 Å². The molecule has 0 aromatic carbocycles. The summed E-state index contributed by atoms with van der Waals surface area (Å²) in [6.07, 6.45) is 0. The highest BCUT2D eigenvalue weighted by Gasteiger charge is 2.21. The van der Waals surface area contributed by atoms with Crippen LogP contribution < -0.4 is 0 Å². The summed E-state index contributed by atoms with van der Waals surface area (Å²) < 4.78 is 5.46. The molecule has 1 aromatic rings. The Morgan fingerprint density at radius 1 is 1.27 bits per heavy atom. The largest absolute Gasteiger partial charge is 0.424 e. The second-order valence-electron chi connectivity index (χ2n) is 3.52. The molecule has 0 N–H and O–H groups in total. The molecular weight excluding hydrogens is 230 g/mol. The van der Waals surface area contributed by atoms with Gasteiger partial charge in [-0.05, 0) is 6.92 Å². The molecule has 1 aromatic heterocycles. The van der Waals surface area contributed by atoms with Crippen LogP contribution in [0.4, 0.5) is 0 Å². The Bertz CT molecular complexity index is 310. The predicted octanol–water partition coefficient (Wildman–Crippen LogP) is 2.14. The van der Waals surface area contributed by atoms with Gasteiger partial charge in [-0.3, -0.25) is 4.90 Å². The molecule has 15 heavy (non-hydrogen) atoms. The first-order valence-corrected chi connectivity index (χ1v) is 7.54. The first-order chi connectivity index (χ1) is 7.27. The lowest BCUT2D eigenvalue weighted by Gasteiger charge is -2.23. The van der Waals surface area contributed by atoms with Crippen LogP contribution in [-0.4, -0.2) is 39.7 Å². The van der Waals surface area contributed by atoms with Crippen molar-refractivity contribution in [2.75, 3.05) is 24.6 Å². The van der Waals surface area contributed by atoms with Crippen LogP contribution in [0.25, 0.3) is 0 Å². The molecule has 4 nitrogen and oxygen atoms in total. The van der Waals surface area contributed by atoms with Gasteiger partial charge in [0.1, 0.15) is 0 Å². The van der Waals surface area contributed by atoms with E-state index in [9.17, 15) is 0 Å². The third-order valence-electron chi connectivity index (χ3n) is 2.45. The predicted molar refractivity (Wildman–Crippen MR) is 63.9 cm³/mol. The van der Waals surface area contributed by atoms with E-state index in [-0.39, 0.29) is 6.04 Å². The second-order valence-corrected chi connectivity index (χ2v) is 6.22. The maximum Gasteiger partial charge on any atom is 0.233 e. The first kappa shape index (κ1) is 11.3. The van der Waals surface area contributed by atoms with E-state index in [1.54, 1.807) is 0 Å². The van der Waals surface area contributed by atoms with Crippen LogP contribution in [0.2, 0.25) is 0 Å². The van der Waals surface area contributed by atoms with Gasteiger partial charge in [-0.15, -0.1) is 10.2 Å². The molecule has 1 aliphatic rings. The van der Waals surface area contributed by atoms with Crippen LogP contribution in [0, 0.1) is 6.92 Å². The molecule has 1 fully saturated rings. The Kier molecular flexibility index (Phi) is 3.93. The molecular formula is C9H15N3OS2. The molecule has 0 amide bonds. The minimum absolute atomic E-state index is 0.241. The molecule has 1 unspecified atom stereocenters. The number of rotatable bonds is 2. The molecule has 0 radical (unpaired) electrons. The quantitative estimate of drug-likeness (QED) is 0.744. The standard InChI is InChI=1S/C9H15N3OS2/c1-7(9-11-10-8(2)13-9)12-3-5-14-15-6-4-12/h7H,3-6H2,1-2H3. The zero-order valence-corrected chi connectivity index (χ0v) is 10.6. The Balaban J connectivity index is 2.02. The monoisotopic (exact) mass is 245 g/mol. The van der Waals surface area contributed by atoms with Crippen LogP contribution in [-0.2, 0) is 0 Å². The molecule has 2 heterocycles. The fourth-order valence-corrected chi connectivity index (χ4v) is 3.57. The Morgan fingerprint density at radius 3 is 2.47 bits per heavy atom. The van der Waals surface area contributed by atoms with Gasteiger partial charge < -0.3 is 4.42 Å². The second kappa shape index (κ2) is 5.23. The number of aromatic nitrogens is 2. The van der Waals surface area contributed by atoms with E-state index in [4.69, 9.17) is 4.42 Å². The highest BCUT2D eigenvalue weighted by molar-refractivity contribution is 8.76. The van der Waals surface area contributed by atoms with E-state index in [0.717, 1.165) is 19.0 Å². The van der Waals surface area contributed by atoms with Gasteiger partial charge in [0.15, 0.2) is 0 Å². The minimum atomic E-state index is 0.241. The van der Waals surface area contributed by atoms with Crippen molar-refractivity contribution >= 4 is 21.6 Å². The first-order valence-electron chi connectivity index (χ1n) is 5.06. The molecule has 0 aliphatic carbocycles. The summed E-state index contributed by atoms with van der Waals surface area (Å²) in [7, 11) is 3.89. The van der Waals surface area contributed by atoms with Crippen molar-refractivity contribution in [1.29, 1.82) is 0 Å². The van der Waals surface area contributed by atoms with Gasteiger partial charge in [-0.1, -0.05) is 21.6 Å². The summed E-state index contributed by atoms with van der Waals surface area (Å²) >= 11 is 0. The lowest BCUT2D eigenvalue weighted by atomic mass is 10.3. The number of hydrogen-bond donors (Lipinski definition) is 0. The normalized spacial score (nSPS) is 21.2. The molecule has 6 heteroatoms. The van der Waals surface area contributed by atoms with Gasteiger partial charge in [-0.25, -0.2) is 0 Å². The van der Waals surface area contributed by atoms with E-state index < -0.39 is 0 Å². The molecule has 1 atom stereocenters. The molecule has 84 valence electrons. The molecule has 0 spiro atoms. The van der Waals surface area contributed by atoms with Crippen LogP contribution in [0.15, 0.2) is 4.42 Å². The third kappa shape index (κ3) is 2.89. The Hall–Kier alpha value is -0.200. The number of aryl methyl sites for hydroxylation is 1. The summed E-state index contributed by atoms with van der Waals surface area (Å²) in [5, 5.41) is 7.95. The summed E-state index contributed by atoms with van der Waals surface area (Å²) in [4.78, 5) is 2.40. The summed E-state index contributed by atoms with van der Waals surface area (Å²) in [6, 6.07) is 0.241. The lowest BCUT2D eigenvalue weighted by molar-refractivity contribution is 0.204. The van der Waals surface area contributed by atoms with Gasteiger partial charge in [0.2, 0.25) is 11.8 Å². The summed E-state index contributed by atoms with van der Waals surface area (Å²) in [6.45, 7) is 6.16. The molecule has 0 saturated carbocycles. The fourth-order valence-electron chi connectivity index (χ4n) is 1.56. The van der Waals surface area contributed by atoms with Gasteiger partial charge in [0, 0.05) is 31.5 Å². The number of hydrogen-bond acceptors (Lipinski definition) is 6. The van der Waals surface area contributed by atoms with Crippen LogP contribution in [0.3, 0.4) is 0 Å². The van der Waals surface area contributed by atoms with Crippen molar-refractivity contribution in [2.45, 2.75) is 19.9 Å². The van der Waals surface area contributed by atoms with Gasteiger partial charge in [0.25, 0.3) is 0 Å². The Morgan fingerprint density at radius 2 is 1.93 bits per heavy atom. The smallest absolute Gasteiger partial charge is 0.233 e. The summed E-state index contributed by atoms with van der Waals surface area (Å²) in [5.74, 6) is 3.73. The maximum atomic E-state index is 5.46. The highest BCUT2D eigenvalue weighted by atomic mass is 33.1. The van der Waals surface area contributed by atoms with E-state index >= 15 is 0 Å². The lowest BCUT2D eigenvalue weighted by Crippen LogP contribution is -2.30. The van der Waals surface area contributed by atoms with Crippen molar-refractivity contribution in [3.63, 3.8) is 0 Å². The third-order valence-corrected chi connectivity index (χ3v) is 4.82. The zero-order valence-electron chi connectivity index (χ0n) is 8.97. The fraction of sp³-hybridized carbons (Fsp3) is 0.778. The van der Waals surface area contributed by atoms with E-state index in [1.807, 2.05) is 28.5 Å². The average molecular weight is 245 g/mol.